The maximum atomic E-state index is 12.1. The van der Waals surface area contributed by atoms with Crippen molar-refractivity contribution >= 4 is 44.8 Å². The molecule has 0 saturated carbocycles. The molecule has 0 fully saturated rings. The molecule has 0 aliphatic carbocycles. The van der Waals surface area contributed by atoms with E-state index >= 15 is 0 Å². The summed E-state index contributed by atoms with van der Waals surface area (Å²) in [5.74, 6) is 0. The minimum absolute atomic E-state index is 0.0387. The fourth-order valence-corrected chi connectivity index (χ4v) is 12.4. The summed E-state index contributed by atoms with van der Waals surface area (Å²) in [6.07, 6.45) is 10.9. The zero-order valence-corrected chi connectivity index (χ0v) is 25.6. The SMILES string of the molecule is O=[N+]([O-])c1cc2c(cc1CCCCCCCCC[PH](c1ccccc1)(c1ccccc1)c1ccccc1)C=CS2(=O)=O. The molecule has 7 heteroatoms. The summed E-state index contributed by atoms with van der Waals surface area (Å²) in [6.45, 7) is 0. The van der Waals surface area contributed by atoms with Crippen LogP contribution in [0.3, 0.4) is 0 Å². The predicted molar refractivity (Wildman–Crippen MR) is 177 cm³/mol. The molecule has 42 heavy (non-hydrogen) atoms. The van der Waals surface area contributed by atoms with Crippen LogP contribution in [0, 0.1) is 10.1 Å². The van der Waals surface area contributed by atoms with Crippen LogP contribution in [0.2, 0.25) is 0 Å². The Morgan fingerprint density at radius 1 is 0.643 bits per heavy atom. The van der Waals surface area contributed by atoms with E-state index in [0.717, 1.165) is 37.3 Å². The maximum Gasteiger partial charge on any atom is 0.200 e. The van der Waals surface area contributed by atoms with Crippen molar-refractivity contribution < 1.29 is 13.3 Å². The van der Waals surface area contributed by atoms with Gasteiger partial charge in [0, 0.05) is 5.41 Å². The number of nitro benzene ring substituents is 1. The molecular formula is C35H38NO4PS. The van der Waals surface area contributed by atoms with Gasteiger partial charge in [-0.3, -0.25) is 10.1 Å². The molecule has 5 nitrogen and oxygen atoms in total. The zero-order valence-electron chi connectivity index (χ0n) is 23.8. The molecule has 0 aromatic heterocycles. The van der Waals surface area contributed by atoms with Crippen LogP contribution in [0.15, 0.2) is 113 Å². The molecule has 0 bridgehead atoms. The van der Waals surface area contributed by atoms with Crippen molar-refractivity contribution in [3.8, 4) is 0 Å². The molecule has 0 N–H and O–H groups in total. The van der Waals surface area contributed by atoms with Crippen molar-refractivity contribution in [1.82, 2.24) is 0 Å². The molecule has 0 unspecified atom stereocenters. The van der Waals surface area contributed by atoms with Crippen LogP contribution in [0.5, 0.6) is 0 Å². The van der Waals surface area contributed by atoms with Crippen LogP contribution in [-0.4, -0.2) is 19.5 Å². The van der Waals surface area contributed by atoms with Gasteiger partial charge in [0.2, 0.25) is 9.84 Å². The van der Waals surface area contributed by atoms with Crippen LogP contribution in [-0.2, 0) is 16.3 Å². The van der Waals surface area contributed by atoms with E-state index in [-0.39, 0.29) is 10.6 Å². The van der Waals surface area contributed by atoms with Gasteiger partial charge < -0.3 is 0 Å². The van der Waals surface area contributed by atoms with Gasteiger partial charge in [0.1, 0.15) is 0 Å². The molecule has 218 valence electrons. The quantitative estimate of drug-likeness (QED) is 0.0657. The van der Waals surface area contributed by atoms with Gasteiger partial charge in [-0.2, -0.15) is 0 Å². The smallest absolute Gasteiger partial charge is 0.200 e. The minimum atomic E-state index is -3.56. The summed E-state index contributed by atoms with van der Waals surface area (Å²) in [5, 5.41) is 17.1. The Labute approximate surface area is 249 Å². The van der Waals surface area contributed by atoms with E-state index in [9.17, 15) is 18.5 Å². The largest absolute Gasteiger partial charge is 0.219 e. The van der Waals surface area contributed by atoms with Gasteiger partial charge >= 0.3 is 206 Å². The van der Waals surface area contributed by atoms with Crippen molar-refractivity contribution in [1.29, 1.82) is 0 Å². The Bertz CT molecular complexity index is 1540. The van der Waals surface area contributed by atoms with Gasteiger partial charge in [0.15, 0.2) is 0 Å². The Morgan fingerprint density at radius 2 is 1.12 bits per heavy atom. The number of nitro groups is 1. The van der Waals surface area contributed by atoms with E-state index in [1.165, 1.54) is 47.3 Å². The molecule has 5 rings (SSSR count). The Balaban J connectivity index is 1.16. The van der Waals surface area contributed by atoms with Crippen LogP contribution >= 0.6 is 7.26 Å². The second kappa shape index (κ2) is 13.6. The topological polar surface area (TPSA) is 77.3 Å². The summed E-state index contributed by atoms with van der Waals surface area (Å²) in [4.78, 5) is 11.2. The van der Waals surface area contributed by atoms with Gasteiger partial charge in [0.25, 0.3) is 0 Å². The number of aryl methyl sites for hydroxylation is 1. The van der Waals surface area contributed by atoms with Crippen LogP contribution < -0.4 is 15.9 Å². The van der Waals surface area contributed by atoms with Crippen molar-refractivity contribution in [2.75, 3.05) is 6.16 Å². The van der Waals surface area contributed by atoms with E-state index in [1.54, 1.807) is 6.07 Å². The number of unbranched alkanes of at least 4 members (excludes halogenated alkanes) is 6. The molecule has 0 amide bonds. The molecule has 0 radical (unpaired) electrons. The van der Waals surface area contributed by atoms with Crippen LogP contribution in [0.1, 0.15) is 56.1 Å². The fraction of sp³-hybridized carbons (Fsp3) is 0.257. The first-order chi connectivity index (χ1) is 20.4. The molecular weight excluding hydrogens is 561 g/mol. The summed E-state index contributed by atoms with van der Waals surface area (Å²) in [7, 11) is -5.73. The Kier molecular flexibility index (Phi) is 9.66. The number of rotatable bonds is 14. The standard InChI is InChI=1S/C35H38NO4PS/c37-36(38)34-28-35-30(24-26-42(35,39)40)27-29(34)17-9-4-2-1-3-5-16-25-41(31-18-10-6-11-19-31,32-20-12-7-13-21-32)33-22-14-8-15-23-33/h6-8,10-15,18-24,26-28,41H,1-5,9,16-17,25H2. The van der Waals surface area contributed by atoms with Crippen molar-refractivity contribution in [2.45, 2.75) is 56.3 Å². The maximum absolute atomic E-state index is 12.1. The van der Waals surface area contributed by atoms with Crippen molar-refractivity contribution in [2.24, 2.45) is 0 Å². The molecule has 0 spiro atoms. The zero-order chi connectivity index (χ0) is 29.4. The molecule has 1 heterocycles. The summed E-state index contributed by atoms with van der Waals surface area (Å²) in [6, 6.07) is 36.1. The Hall–Kier alpha value is -3.60. The number of benzene rings is 4. The third-order valence-corrected chi connectivity index (χ3v) is 15.0. The van der Waals surface area contributed by atoms with Gasteiger partial charge in [-0.1, -0.05) is 0 Å². The average Bonchev–Trinajstić information content (AvgIpc) is 3.32. The van der Waals surface area contributed by atoms with E-state index in [1.807, 2.05) is 0 Å². The van der Waals surface area contributed by atoms with E-state index in [2.05, 4.69) is 91.0 Å². The number of sulfone groups is 1. The number of hydrogen-bond acceptors (Lipinski definition) is 4. The normalized spacial score (nSPS) is 14.0. The average molecular weight is 600 g/mol. The third kappa shape index (κ3) is 6.56. The summed E-state index contributed by atoms with van der Waals surface area (Å²) >= 11 is 0. The third-order valence-electron chi connectivity index (χ3n) is 8.44. The van der Waals surface area contributed by atoms with E-state index in [4.69, 9.17) is 0 Å². The first-order valence-electron chi connectivity index (χ1n) is 14.8. The fourth-order valence-electron chi connectivity index (χ4n) is 6.31. The van der Waals surface area contributed by atoms with E-state index in [0.29, 0.717) is 17.5 Å². The van der Waals surface area contributed by atoms with Gasteiger partial charge in [-0.25, -0.2) is 8.42 Å². The number of fused-ring (bicyclic) bond motifs is 1. The molecule has 1 aliphatic heterocycles. The monoisotopic (exact) mass is 599 g/mol. The summed E-state index contributed by atoms with van der Waals surface area (Å²) in [5.41, 5.74) is 1.07. The minimum Gasteiger partial charge on any atom is -0.219 e. The number of hydrogen-bond donors (Lipinski definition) is 0. The van der Waals surface area contributed by atoms with Crippen LogP contribution in [0.4, 0.5) is 5.69 Å². The molecule has 4 aromatic rings. The van der Waals surface area contributed by atoms with Crippen molar-refractivity contribution in [3.05, 3.63) is 130 Å². The van der Waals surface area contributed by atoms with Crippen LogP contribution in [0.25, 0.3) is 6.08 Å². The van der Waals surface area contributed by atoms with Crippen molar-refractivity contribution in [3.63, 3.8) is 0 Å². The van der Waals surface area contributed by atoms with Gasteiger partial charge in [-0.05, 0) is 6.08 Å². The second-order valence-corrected chi connectivity index (χ2v) is 16.9. The Morgan fingerprint density at radius 3 is 1.62 bits per heavy atom. The molecule has 0 saturated heterocycles. The van der Waals surface area contributed by atoms with Gasteiger partial charge in [-0.15, -0.1) is 0 Å². The molecule has 1 aliphatic rings. The summed E-state index contributed by atoms with van der Waals surface area (Å²) < 4.78 is 24.2. The molecule has 4 aromatic carbocycles. The predicted octanol–water partition coefficient (Wildman–Crippen LogP) is 7.35. The number of nitrogens with zero attached hydrogens (tertiary/aromatic N) is 1. The first-order valence-corrected chi connectivity index (χ1v) is 18.6. The second-order valence-electron chi connectivity index (χ2n) is 11.1. The first kappa shape index (κ1) is 29.9. The van der Waals surface area contributed by atoms with E-state index < -0.39 is 22.0 Å². The molecule has 0 atom stereocenters. The van der Waals surface area contributed by atoms with Gasteiger partial charge in [0.05, 0.1) is 4.90 Å².